The van der Waals surface area contributed by atoms with Gasteiger partial charge in [0.1, 0.15) is 17.8 Å². The van der Waals surface area contributed by atoms with Crippen molar-refractivity contribution in [3.63, 3.8) is 0 Å². The Balaban J connectivity index is 1.29. The molecule has 34 heavy (non-hydrogen) atoms. The van der Waals surface area contributed by atoms with Crippen LogP contribution in [0.5, 0.6) is 0 Å². The van der Waals surface area contributed by atoms with Crippen LogP contribution in [0.15, 0.2) is 18.6 Å². The average Bonchev–Trinajstić information content (AvgIpc) is 3.22. The van der Waals surface area contributed by atoms with Crippen molar-refractivity contribution in [2.45, 2.75) is 50.1 Å². The maximum Gasteiger partial charge on any atom is 0.282 e. The summed E-state index contributed by atoms with van der Waals surface area (Å²) in [5, 5.41) is 9.72. The number of piperazine rings is 1. The Morgan fingerprint density at radius 3 is 2.91 bits per heavy atom. The predicted octanol–water partition coefficient (Wildman–Crippen LogP) is 1.08. The van der Waals surface area contributed by atoms with Gasteiger partial charge in [-0.05, 0) is 31.7 Å². The maximum atomic E-state index is 13.6. The molecule has 5 rings (SSSR count). The highest BCUT2D eigenvalue weighted by atomic mass is 32.2. The second-order valence-electron chi connectivity index (χ2n) is 9.48. The SMILES string of the molecule is CN(CC1CCCN1C(=O)CCC#N)S(=O)(=O)N1CCN(c2ncnc3[nH]ccc23)CC12CC2. The van der Waals surface area contributed by atoms with E-state index in [0.717, 1.165) is 42.5 Å². The molecule has 0 aromatic carbocycles. The van der Waals surface area contributed by atoms with E-state index in [-0.39, 0.29) is 31.3 Å². The number of likely N-dealkylation sites (tertiary alicyclic amines) is 1. The molecule has 3 aliphatic rings. The summed E-state index contributed by atoms with van der Waals surface area (Å²) in [4.78, 5) is 28.3. The Bertz CT molecular complexity index is 1220. The number of hydrogen-bond acceptors (Lipinski definition) is 7. The van der Waals surface area contributed by atoms with Crippen molar-refractivity contribution in [1.82, 2.24) is 28.5 Å². The Morgan fingerprint density at radius 1 is 1.32 bits per heavy atom. The first-order chi connectivity index (χ1) is 16.4. The van der Waals surface area contributed by atoms with E-state index in [1.807, 2.05) is 18.3 Å². The number of hydrogen-bond donors (Lipinski definition) is 1. The van der Waals surface area contributed by atoms with Crippen molar-refractivity contribution in [3.8, 4) is 6.07 Å². The van der Waals surface area contributed by atoms with Crippen LogP contribution in [-0.2, 0) is 15.0 Å². The molecule has 0 radical (unpaired) electrons. The molecule has 11 nitrogen and oxygen atoms in total. The zero-order chi connectivity index (χ0) is 23.9. The molecule has 1 atom stereocenters. The number of nitrogens with one attached hydrogen (secondary N) is 1. The van der Waals surface area contributed by atoms with Gasteiger partial charge < -0.3 is 14.8 Å². The van der Waals surface area contributed by atoms with E-state index < -0.39 is 15.7 Å². The molecule has 1 spiro atoms. The summed E-state index contributed by atoms with van der Waals surface area (Å²) in [6.45, 7) is 2.43. The number of aromatic nitrogens is 3. The highest BCUT2D eigenvalue weighted by Crippen LogP contribution is 2.47. The molecule has 0 bridgehead atoms. The number of nitrogens with zero attached hydrogens (tertiary/aromatic N) is 7. The largest absolute Gasteiger partial charge is 0.353 e. The quantitative estimate of drug-likeness (QED) is 0.620. The average molecular weight is 487 g/mol. The number of H-pyrrole nitrogens is 1. The standard InChI is InChI=1S/C22H30N8O3S/c1-27(14-17-4-3-11-29(17)19(31)5-2-9-23)34(32,33)30-13-12-28(15-22(30)7-8-22)21-18-6-10-24-20(18)25-16-26-21/h6,10,16-17H,2-5,7-8,11-15H2,1H3,(H,24,25,26). The van der Waals surface area contributed by atoms with Crippen LogP contribution < -0.4 is 4.90 Å². The van der Waals surface area contributed by atoms with Crippen LogP contribution in [0, 0.1) is 11.3 Å². The van der Waals surface area contributed by atoms with Gasteiger partial charge in [-0.2, -0.15) is 22.3 Å². The zero-order valence-electron chi connectivity index (χ0n) is 19.4. The molecule has 2 saturated heterocycles. The van der Waals surface area contributed by atoms with Gasteiger partial charge in [0, 0.05) is 64.9 Å². The summed E-state index contributed by atoms with van der Waals surface area (Å²) in [7, 11) is -2.07. The first-order valence-electron chi connectivity index (χ1n) is 11.8. The fraction of sp³-hybridized carbons (Fsp3) is 0.636. The smallest absolute Gasteiger partial charge is 0.282 e. The van der Waals surface area contributed by atoms with E-state index in [4.69, 9.17) is 5.26 Å². The molecule has 3 fully saturated rings. The van der Waals surface area contributed by atoms with E-state index in [1.54, 1.807) is 16.3 Å². The van der Waals surface area contributed by atoms with Crippen molar-refractivity contribution in [3.05, 3.63) is 18.6 Å². The molecule has 1 N–H and O–H groups in total. The van der Waals surface area contributed by atoms with Gasteiger partial charge in [0.05, 0.1) is 17.0 Å². The molecule has 1 unspecified atom stereocenters. The van der Waals surface area contributed by atoms with Gasteiger partial charge in [-0.1, -0.05) is 0 Å². The minimum absolute atomic E-state index is 0.0666. The van der Waals surface area contributed by atoms with Gasteiger partial charge in [-0.15, -0.1) is 0 Å². The van der Waals surface area contributed by atoms with Crippen LogP contribution >= 0.6 is 0 Å². The summed E-state index contributed by atoms with van der Waals surface area (Å²) in [5.74, 6) is 0.767. The molecule has 2 aromatic rings. The zero-order valence-corrected chi connectivity index (χ0v) is 20.2. The summed E-state index contributed by atoms with van der Waals surface area (Å²) >= 11 is 0. The van der Waals surface area contributed by atoms with Crippen LogP contribution in [0.25, 0.3) is 11.0 Å². The number of aromatic amines is 1. The van der Waals surface area contributed by atoms with E-state index in [9.17, 15) is 13.2 Å². The lowest BCUT2D eigenvalue weighted by atomic mass is 10.2. The molecule has 12 heteroatoms. The summed E-state index contributed by atoms with van der Waals surface area (Å²) in [6, 6.07) is 3.81. The van der Waals surface area contributed by atoms with Crippen LogP contribution in [-0.4, -0.2) is 94.1 Å². The third-order valence-electron chi connectivity index (χ3n) is 7.34. The third kappa shape index (κ3) is 4.01. The molecule has 182 valence electrons. The first-order valence-corrected chi connectivity index (χ1v) is 13.2. The van der Waals surface area contributed by atoms with Gasteiger partial charge in [0.15, 0.2) is 0 Å². The van der Waals surface area contributed by atoms with Crippen LogP contribution in [0.4, 0.5) is 5.82 Å². The molecule has 1 saturated carbocycles. The van der Waals surface area contributed by atoms with Crippen LogP contribution in [0.3, 0.4) is 0 Å². The number of rotatable bonds is 7. The van der Waals surface area contributed by atoms with Crippen molar-refractivity contribution < 1.29 is 13.2 Å². The summed E-state index contributed by atoms with van der Waals surface area (Å²) < 4.78 is 30.4. The maximum absolute atomic E-state index is 13.6. The van der Waals surface area contributed by atoms with Gasteiger partial charge in [0.25, 0.3) is 10.2 Å². The number of likely N-dealkylation sites (N-methyl/N-ethyl adjacent to an activating group) is 1. The number of nitriles is 1. The number of carbonyl (C=O) groups is 1. The van der Waals surface area contributed by atoms with Crippen molar-refractivity contribution in [2.75, 3.05) is 44.7 Å². The van der Waals surface area contributed by atoms with E-state index >= 15 is 0 Å². The van der Waals surface area contributed by atoms with E-state index in [2.05, 4.69) is 19.9 Å². The topological polar surface area (TPSA) is 130 Å². The number of amides is 1. The molecule has 2 aliphatic heterocycles. The van der Waals surface area contributed by atoms with Crippen LogP contribution in [0.1, 0.15) is 38.5 Å². The first kappa shape index (κ1) is 23.0. The molecule has 1 aliphatic carbocycles. The highest BCUT2D eigenvalue weighted by molar-refractivity contribution is 7.86. The second kappa shape index (κ2) is 8.79. The lowest BCUT2D eigenvalue weighted by Gasteiger charge is -2.43. The molecule has 4 heterocycles. The third-order valence-corrected chi connectivity index (χ3v) is 9.40. The lowest BCUT2D eigenvalue weighted by Crippen LogP contribution is -2.60. The molecular formula is C22H30N8O3S. The predicted molar refractivity (Wildman–Crippen MR) is 126 cm³/mol. The van der Waals surface area contributed by atoms with Gasteiger partial charge in [0.2, 0.25) is 5.91 Å². The van der Waals surface area contributed by atoms with Crippen LogP contribution in [0.2, 0.25) is 0 Å². The fourth-order valence-electron chi connectivity index (χ4n) is 5.38. The molecule has 1 amide bonds. The summed E-state index contributed by atoms with van der Waals surface area (Å²) in [5.41, 5.74) is 0.353. The fourth-order valence-corrected chi connectivity index (χ4v) is 7.12. The molecular weight excluding hydrogens is 456 g/mol. The number of carbonyl (C=O) groups excluding carboxylic acids is 1. The Kier molecular flexibility index (Phi) is 5.95. The van der Waals surface area contributed by atoms with Gasteiger partial charge >= 0.3 is 0 Å². The van der Waals surface area contributed by atoms with E-state index in [1.165, 1.54) is 10.6 Å². The Labute approximate surface area is 199 Å². The number of anilines is 1. The minimum Gasteiger partial charge on any atom is -0.353 e. The lowest BCUT2D eigenvalue weighted by molar-refractivity contribution is -0.132. The van der Waals surface area contributed by atoms with Crippen molar-refractivity contribution in [2.24, 2.45) is 0 Å². The Morgan fingerprint density at radius 2 is 2.15 bits per heavy atom. The molecule has 2 aromatic heterocycles. The second-order valence-corrected chi connectivity index (χ2v) is 11.4. The van der Waals surface area contributed by atoms with Gasteiger partial charge in [-0.25, -0.2) is 9.97 Å². The number of fused-ring (bicyclic) bond motifs is 1. The minimum atomic E-state index is -3.69. The Hall–Kier alpha value is -2.75. The van der Waals surface area contributed by atoms with E-state index in [0.29, 0.717) is 26.2 Å². The van der Waals surface area contributed by atoms with Crippen molar-refractivity contribution in [1.29, 1.82) is 5.26 Å². The highest BCUT2D eigenvalue weighted by Gasteiger charge is 2.57. The summed E-state index contributed by atoms with van der Waals surface area (Å²) in [6.07, 6.45) is 7.01. The van der Waals surface area contributed by atoms with Crippen molar-refractivity contribution >= 4 is 33.0 Å². The normalized spacial score (nSPS) is 22.6. The van der Waals surface area contributed by atoms with Gasteiger partial charge in [-0.3, -0.25) is 4.79 Å². The monoisotopic (exact) mass is 486 g/mol.